The molecule has 6 rings (SSSR count). The highest BCUT2D eigenvalue weighted by Crippen LogP contribution is 2.40. The Hall–Kier alpha value is -5.11. The van der Waals surface area contributed by atoms with E-state index in [-0.39, 0.29) is 5.91 Å². The Bertz CT molecular complexity index is 1740. The zero-order chi connectivity index (χ0) is 27.6. The number of ether oxygens (including phenoxy) is 2. The summed E-state index contributed by atoms with van der Waals surface area (Å²) in [6, 6.07) is 28.8. The van der Waals surface area contributed by atoms with E-state index in [1.165, 1.54) is 0 Å². The van der Waals surface area contributed by atoms with Crippen LogP contribution < -0.4 is 20.1 Å². The van der Waals surface area contributed by atoms with E-state index < -0.39 is 6.04 Å². The summed E-state index contributed by atoms with van der Waals surface area (Å²) in [7, 11) is 1.60. The zero-order valence-electron chi connectivity index (χ0n) is 22.5. The smallest absolute Gasteiger partial charge is 0.255 e. The Morgan fingerprint density at radius 1 is 0.975 bits per heavy atom. The largest absolute Gasteiger partial charge is 0.493 e. The maximum absolute atomic E-state index is 13.8. The molecular weight excluding hydrogens is 502 g/mol. The molecule has 1 unspecified atom stereocenters. The van der Waals surface area contributed by atoms with Crippen LogP contribution in [0, 0.1) is 0 Å². The van der Waals surface area contributed by atoms with E-state index in [2.05, 4.69) is 28.8 Å². The lowest BCUT2D eigenvalue weighted by molar-refractivity contribution is -0.113. The van der Waals surface area contributed by atoms with E-state index in [0.717, 1.165) is 21.9 Å². The quantitative estimate of drug-likeness (QED) is 0.251. The van der Waals surface area contributed by atoms with Crippen LogP contribution in [0.15, 0.2) is 102 Å². The predicted octanol–water partition coefficient (Wildman–Crippen LogP) is 6.43. The molecule has 1 aliphatic heterocycles. The van der Waals surface area contributed by atoms with Gasteiger partial charge >= 0.3 is 0 Å². The summed E-state index contributed by atoms with van der Waals surface area (Å²) in [5.41, 5.74) is 3.65. The molecule has 2 N–H and O–H groups in total. The van der Waals surface area contributed by atoms with Gasteiger partial charge in [0.1, 0.15) is 6.04 Å². The van der Waals surface area contributed by atoms with Crippen molar-refractivity contribution in [1.82, 2.24) is 14.8 Å². The predicted molar refractivity (Wildman–Crippen MR) is 157 cm³/mol. The van der Waals surface area contributed by atoms with E-state index >= 15 is 0 Å². The first-order chi connectivity index (χ1) is 19.6. The minimum absolute atomic E-state index is 0.234. The zero-order valence-corrected chi connectivity index (χ0v) is 22.5. The number of carbonyl (C=O) groups excluding carboxylic acids is 1. The number of anilines is 2. The fraction of sp³-hybridized carbons (Fsp3) is 0.156. The second-order valence-electron chi connectivity index (χ2n) is 9.46. The molecule has 8 heteroatoms. The summed E-state index contributed by atoms with van der Waals surface area (Å²) >= 11 is 0. The van der Waals surface area contributed by atoms with Crippen molar-refractivity contribution in [3.05, 3.63) is 108 Å². The second kappa shape index (κ2) is 10.6. The van der Waals surface area contributed by atoms with Crippen molar-refractivity contribution in [1.29, 1.82) is 0 Å². The molecule has 200 valence electrons. The summed E-state index contributed by atoms with van der Waals surface area (Å²) in [5.74, 6) is 2.10. The average Bonchev–Trinajstić information content (AvgIpc) is 3.40. The number of benzene rings is 4. The van der Waals surface area contributed by atoms with Crippen LogP contribution in [0.25, 0.3) is 22.2 Å². The number of para-hydroxylation sites is 1. The Balaban J connectivity index is 1.50. The molecule has 0 aliphatic carbocycles. The molecule has 0 saturated heterocycles. The minimum atomic E-state index is -0.569. The third kappa shape index (κ3) is 4.53. The summed E-state index contributed by atoms with van der Waals surface area (Å²) in [6.07, 6.45) is 0. The highest BCUT2D eigenvalue weighted by Gasteiger charge is 2.35. The maximum atomic E-state index is 13.8. The molecule has 1 aromatic heterocycles. The van der Waals surface area contributed by atoms with Gasteiger partial charge < -0.3 is 20.1 Å². The van der Waals surface area contributed by atoms with E-state index in [0.29, 0.717) is 46.8 Å². The summed E-state index contributed by atoms with van der Waals surface area (Å²) in [5, 5.41) is 13.5. The van der Waals surface area contributed by atoms with Gasteiger partial charge in [-0.2, -0.15) is 4.98 Å². The fourth-order valence-corrected chi connectivity index (χ4v) is 5.14. The molecule has 0 spiro atoms. The molecule has 0 saturated carbocycles. The first-order valence-electron chi connectivity index (χ1n) is 13.2. The molecule has 1 amide bonds. The molecule has 2 heterocycles. The molecule has 0 radical (unpaired) electrons. The molecule has 8 nitrogen and oxygen atoms in total. The van der Waals surface area contributed by atoms with Crippen molar-refractivity contribution in [2.45, 2.75) is 19.9 Å². The van der Waals surface area contributed by atoms with Crippen LogP contribution in [0.3, 0.4) is 0 Å². The van der Waals surface area contributed by atoms with Crippen LogP contribution in [-0.2, 0) is 4.79 Å². The van der Waals surface area contributed by atoms with Gasteiger partial charge in [0.15, 0.2) is 17.3 Å². The number of methoxy groups -OCH3 is 1. The average molecular weight is 532 g/mol. The van der Waals surface area contributed by atoms with Gasteiger partial charge in [-0.05, 0) is 54.4 Å². The first-order valence-corrected chi connectivity index (χ1v) is 13.2. The van der Waals surface area contributed by atoms with Crippen LogP contribution in [-0.4, -0.2) is 34.4 Å². The van der Waals surface area contributed by atoms with Gasteiger partial charge in [0.2, 0.25) is 5.95 Å². The van der Waals surface area contributed by atoms with Gasteiger partial charge in [-0.1, -0.05) is 66.7 Å². The Kier molecular flexibility index (Phi) is 6.66. The number of nitrogens with zero attached hydrogens (tertiary/aromatic N) is 3. The molecule has 40 heavy (non-hydrogen) atoms. The van der Waals surface area contributed by atoms with Crippen LogP contribution in [0.5, 0.6) is 11.5 Å². The number of fused-ring (bicyclic) bond motifs is 2. The van der Waals surface area contributed by atoms with E-state index in [9.17, 15) is 4.79 Å². The number of hydrogen-bond acceptors (Lipinski definition) is 6. The molecular formula is C32H29N5O3. The number of rotatable bonds is 7. The van der Waals surface area contributed by atoms with Crippen molar-refractivity contribution in [2.24, 2.45) is 0 Å². The van der Waals surface area contributed by atoms with E-state index in [4.69, 9.17) is 19.6 Å². The minimum Gasteiger partial charge on any atom is -0.493 e. The SMILES string of the molecule is CCOc1ccc(C2C(C(=O)Nc3ccccc3)=C(C)Nc3nc(-c4cccc5ccccc45)nn32)cc1OC. The monoisotopic (exact) mass is 531 g/mol. The first kappa shape index (κ1) is 25.2. The third-order valence-electron chi connectivity index (χ3n) is 6.96. The lowest BCUT2D eigenvalue weighted by atomic mass is 9.94. The number of hydrogen-bond donors (Lipinski definition) is 2. The van der Waals surface area contributed by atoms with Crippen molar-refractivity contribution in [3.8, 4) is 22.9 Å². The van der Waals surface area contributed by atoms with E-state index in [1.807, 2.05) is 86.6 Å². The van der Waals surface area contributed by atoms with Crippen LogP contribution in [0.4, 0.5) is 11.6 Å². The third-order valence-corrected chi connectivity index (χ3v) is 6.96. The molecule has 5 aromatic rings. The highest BCUT2D eigenvalue weighted by molar-refractivity contribution is 6.06. The summed E-state index contributed by atoms with van der Waals surface area (Å²) in [4.78, 5) is 18.7. The van der Waals surface area contributed by atoms with Crippen molar-refractivity contribution >= 4 is 28.3 Å². The number of amides is 1. The molecule has 1 aliphatic rings. The van der Waals surface area contributed by atoms with Crippen molar-refractivity contribution in [2.75, 3.05) is 24.4 Å². The van der Waals surface area contributed by atoms with Gasteiger partial charge in [-0.25, -0.2) is 4.68 Å². The second-order valence-corrected chi connectivity index (χ2v) is 9.46. The molecule has 0 bridgehead atoms. The van der Waals surface area contributed by atoms with Gasteiger partial charge in [0.25, 0.3) is 5.91 Å². The van der Waals surface area contributed by atoms with Crippen LogP contribution >= 0.6 is 0 Å². The Morgan fingerprint density at radius 2 is 1.75 bits per heavy atom. The highest BCUT2D eigenvalue weighted by atomic mass is 16.5. The van der Waals surface area contributed by atoms with Crippen LogP contribution in [0.2, 0.25) is 0 Å². The number of carbonyl (C=O) groups is 1. The lowest BCUT2D eigenvalue weighted by Crippen LogP contribution is -2.31. The van der Waals surface area contributed by atoms with Crippen LogP contribution in [0.1, 0.15) is 25.5 Å². The van der Waals surface area contributed by atoms with Gasteiger partial charge in [0, 0.05) is 16.9 Å². The van der Waals surface area contributed by atoms with Crippen molar-refractivity contribution < 1.29 is 14.3 Å². The van der Waals surface area contributed by atoms with Gasteiger partial charge in [-0.3, -0.25) is 4.79 Å². The number of nitrogens with one attached hydrogen (secondary N) is 2. The normalized spacial score (nSPS) is 14.4. The van der Waals surface area contributed by atoms with Gasteiger partial charge in [-0.15, -0.1) is 5.10 Å². The lowest BCUT2D eigenvalue weighted by Gasteiger charge is -2.29. The molecule has 4 aromatic carbocycles. The summed E-state index contributed by atoms with van der Waals surface area (Å²) < 4.78 is 13.2. The number of aromatic nitrogens is 3. The Morgan fingerprint density at radius 3 is 2.55 bits per heavy atom. The maximum Gasteiger partial charge on any atom is 0.255 e. The van der Waals surface area contributed by atoms with E-state index in [1.54, 1.807) is 11.8 Å². The molecule has 1 atom stereocenters. The molecule has 0 fully saturated rings. The topological polar surface area (TPSA) is 90.3 Å². The van der Waals surface area contributed by atoms with Gasteiger partial charge in [0.05, 0.1) is 19.3 Å². The number of allylic oxidation sites excluding steroid dienone is 1. The summed E-state index contributed by atoms with van der Waals surface area (Å²) in [6.45, 7) is 4.32. The Labute approximate surface area is 232 Å². The van der Waals surface area contributed by atoms with Crippen molar-refractivity contribution in [3.63, 3.8) is 0 Å². The standard InChI is InChI=1S/C32H29N5O3/c1-4-40-26-18-17-22(19-27(26)39-3)29-28(31(38)34-23-13-6-5-7-14-23)20(2)33-32-35-30(36-37(29)32)25-16-10-12-21-11-8-9-15-24(21)25/h5-19,29H,4H2,1-3H3,(H,34,38)(H,33,35,36). The fourth-order valence-electron chi connectivity index (χ4n) is 5.14.